The van der Waals surface area contributed by atoms with Gasteiger partial charge in [-0.1, -0.05) is 11.1 Å². The standard InChI is InChI=1S/C15H18O3/c1-9-7-11-12(8-10(9)2)15(5-3-13(11)16)6-4-14(17)18-15/h3,5,11-12H,4,6-8H2,1-2H3/t11?,12-,15-/m0/s1. The molecule has 0 aromatic rings. The number of carbonyl (C=O) groups is 2. The summed E-state index contributed by atoms with van der Waals surface area (Å²) in [6, 6.07) is 0. The maximum atomic E-state index is 12.1. The van der Waals surface area contributed by atoms with Crippen LogP contribution < -0.4 is 0 Å². The number of ketones is 1. The number of rotatable bonds is 0. The van der Waals surface area contributed by atoms with E-state index in [0.717, 1.165) is 19.3 Å². The van der Waals surface area contributed by atoms with Gasteiger partial charge in [0.1, 0.15) is 5.60 Å². The average molecular weight is 246 g/mol. The number of hydrogen-bond donors (Lipinski definition) is 0. The monoisotopic (exact) mass is 246 g/mol. The number of carbonyl (C=O) groups excluding carboxylic acids is 2. The Morgan fingerprint density at radius 3 is 2.61 bits per heavy atom. The summed E-state index contributed by atoms with van der Waals surface area (Å²) in [5.41, 5.74) is 2.17. The van der Waals surface area contributed by atoms with E-state index in [9.17, 15) is 9.59 Å². The molecule has 0 amide bonds. The maximum absolute atomic E-state index is 12.1. The van der Waals surface area contributed by atoms with E-state index < -0.39 is 5.60 Å². The number of fused-ring (bicyclic) bond motifs is 2. The smallest absolute Gasteiger partial charge is 0.306 e. The van der Waals surface area contributed by atoms with Crippen molar-refractivity contribution in [2.45, 2.75) is 45.1 Å². The van der Waals surface area contributed by atoms with Gasteiger partial charge in [0.2, 0.25) is 0 Å². The molecule has 1 heterocycles. The molecule has 0 bridgehead atoms. The summed E-state index contributed by atoms with van der Waals surface area (Å²) in [5, 5.41) is 0. The minimum atomic E-state index is -0.502. The number of allylic oxidation sites excluding steroid dienone is 3. The molecular formula is C15H18O3. The molecule has 0 aromatic carbocycles. The van der Waals surface area contributed by atoms with Crippen molar-refractivity contribution in [2.24, 2.45) is 11.8 Å². The molecule has 1 fully saturated rings. The van der Waals surface area contributed by atoms with Gasteiger partial charge in [-0.05, 0) is 38.8 Å². The van der Waals surface area contributed by atoms with Gasteiger partial charge in [0, 0.05) is 24.7 Å². The molecule has 3 atom stereocenters. The highest BCUT2D eigenvalue weighted by molar-refractivity contribution is 5.94. The van der Waals surface area contributed by atoms with Crippen LogP contribution in [0.5, 0.6) is 0 Å². The largest absolute Gasteiger partial charge is 0.454 e. The first kappa shape index (κ1) is 11.7. The Morgan fingerprint density at radius 2 is 1.94 bits per heavy atom. The SMILES string of the molecule is CC1=C(C)C[C@H]2C(C1)C(=O)C=C[C@]21CCC(=O)O1. The van der Waals surface area contributed by atoms with Crippen LogP contribution in [0.3, 0.4) is 0 Å². The minimum Gasteiger partial charge on any atom is -0.454 e. The van der Waals surface area contributed by atoms with Crippen molar-refractivity contribution in [2.75, 3.05) is 0 Å². The van der Waals surface area contributed by atoms with Gasteiger partial charge in [-0.2, -0.15) is 0 Å². The lowest BCUT2D eigenvalue weighted by atomic mass is 9.63. The van der Waals surface area contributed by atoms with Crippen LogP contribution in [0.2, 0.25) is 0 Å². The first-order chi connectivity index (χ1) is 8.52. The second-order valence-corrected chi connectivity index (χ2v) is 5.85. The van der Waals surface area contributed by atoms with Crippen LogP contribution >= 0.6 is 0 Å². The molecule has 0 radical (unpaired) electrons. The second-order valence-electron chi connectivity index (χ2n) is 5.85. The Kier molecular flexibility index (Phi) is 2.47. The van der Waals surface area contributed by atoms with E-state index in [1.165, 1.54) is 11.1 Å². The molecule has 1 aliphatic heterocycles. The third kappa shape index (κ3) is 1.57. The lowest BCUT2D eigenvalue weighted by molar-refractivity contribution is -0.152. The first-order valence-corrected chi connectivity index (χ1v) is 6.62. The fraction of sp³-hybridized carbons (Fsp3) is 0.600. The number of esters is 1. The van der Waals surface area contributed by atoms with Gasteiger partial charge in [-0.3, -0.25) is 9.59 Å². The van der Waals surface area contributed by atoms with Crippen LogP contribution in [-0.2, 0) is 14.3 Å². The van der Waals surface area contributed by atoms with Crippen LogP contribution in [-0.4, -0.2) is 17.4 Å². The summed E-state index contributed by atoms with van der Waals surface area (Å²) in [6.07, 6.45) is 6.37. The zero-order valence-corrected chi connectivity index (χ0v) is 10.9. The summed E-state index contributed by atoms with van der Waals surface area (Å²) in [6.45, 7) is 4.23. The molecule has 3 nitrogen and oxygen atoms in total. The Hall–Kier alpha value is -1.38. The van der Waals surface area contributed by atoms with Crippen molar-refractivity contribution in [1.29, 1.82) is 0 Å². The Labute approximate surface area is 107 Å². The van der Waals surface area contributed by atoms with Gasteiger partial charge in [0.05, 0.1) is 0 Å². The molecule has 3 heteroatoms. The molecule has 3 aliphatic rings. The molecule has 96 valence electrons. The van der Waals surface area contributed by atoms with Crippen molar-refractivity contribution in [3.8, 4) is 0 Å². The predicted molar refractivity (Wildman–Crippen MR) is 66.8 cm³/mol. The van der Waals surface area contributed by atoms with Crippen molar-refractivity contribution in [1.82, 2.24) is 0 Å². The van der Waals surface area contributed by atoms with Crippen LogP contribution in [0.1, 0.15) is 39.5 Å². The minimum absolute atomic E-state index is 0.00426. The highest BCUT2D eigenvalue weighted by atomic mass is 16.6. The molecular weight excluding hydrogens is 228 g/mol. The molecule has 0 N–H and O–H groups in total. The van der Waals surface area contributed by atoms with Crippen molar-refractivity contribution < 1.29 is 14.3 Å². The summed E-state index contributed by atoms with van der Waals surface area (Å²) in [5.74, 6) is 0.215. The predicted octanol–water partition coefficient (Wildman–Crippen LogP) is 2.56. The van der Waals surface area contributed by atoms with E-state index in [4.69, 9.17) is 4.74 Å². The van der Waals surface area contributed by atoms with E-state index in [-0.39, 0.29) is 23.6 Å². The Balaban J connectivity index is 2.01. The van der Waals surface area contributed by atoms with Crippen LogP contribution in [0.15, 0.2) is 23.3 Å². The zero-order valence-electron chi connectivity index (χ0n) is 10.9. The van der Waals surface area contributed by atoms with Crippen molar-refractivity contribution in [3.63, 3.8) is 0 Å². The topological polar surface area (TPSA) is 43.4 Å². The first-order valence-electron chi connectivity index (χ1n) is 6.62. The van der Waals surface area contributed by atoms with Gasteiger partial charge >= 0.3 is 5.97 Å². The third-order valence-corrected chi connectivity index (χ3v) is 4.81. The van der Waals surface area contributed by atoms with E-state index in [0.29, 0.717) is 6.42 Å². The van der Waals surface area contributed by atoms with Crippen LogP contribution in [0, 0.1) is 11.8 Å². The van der Waals surface area contributed by atoms with Gasteiger partial charge in [0.15, 0.2) is 5.78 Å². The summed E-state index contributed by atoms with van der Waals surface area (Å²) in [7, 11) is 0. The summed E-state index contributed by atoms with van der Waals surface area (Å²) in [4.78, 5) is 23.5. The van der Waals surface area contributed by atoms with Crippen molar-refractivity contribution >= 4 is 11.8 Å². The normalized spacial score (nSPS) is 39.2. The van der Waals surface area contributed by atoms with E-state index >= 15 is 0 Å². The molecule has 1 saturated heterocycles. The fourth-order valence-electron chi connectivity index (χ4n) is 3.57. The second kappa shape index (κ2) is 3.81. The van der Waals surface area contributed by atoms with E-state index in [2.05, 4.69) is 13.8 Å². The summed E-state index contributed by atoms with van der Waals surface area (Å²) >= 11 is 0. The molecule has 2 aliphatic carbocycles. The van der Waals surface area contributed by atoms with Gasteiger partial charge in [-0.25, -0.2) is 0 Å². The Bertz CT molecular complexity index is 486. The van der Waals surface area contributed by atoms with Crippen LogP contribution in [0.25, 0.3) is 0 Å². The van der Waals surface area contributed by atoms with Crippen molar-refractivity contribution in [3.05, 3.63) is 23.3 Å². The number of ether oxygens (including phenoxy) is 1. The fourth-order valence-corrected chi connectivity index (χ4v) is 3.57. The highest BCUT2D eigenvalue weighted by Gasteiger charge is 2.52. The maximum Gasteiger partial charge on any atom is 0.306 e. The lowest BCUT2D eigenvalue weighted by Crippen LogP contribution is -2.47. The lowest BCUT2D eigenvalue weighted by Gasteiger charge is -2.43. The molecule has 3 rings (SSSR count). The third-order valence-electron chi connectivity index (χ3n) is 4.81. The Morgan fingerprint density at radius 1 is 1.22 bits per heavy atom. The quantitative estimate of drug-likeness (QED) is 0.487. The average Bonchev–Trinajstić information content (AvgIpc) is 2.70. The zero-order chi connectivity index (χ0) is 12.9. The molecule has 1 spiro atoms. The van der Waals surface area contributed by atoms with Gasteiger partial charge in [-0.15, -0.1) is 0 Å². The number of hydrogen-bond acceptors (Lipinski definition) is 3. The van der Waals surface area contributed by atoms with E-state index in [1.807, 2.05) is 6.08 Å². The van der Waals surface area contributed by atoms with E-state index in [1.54, 1.807) is 6.08 Å². The van der Waals surface area contributed by atoms with Gasteiger partial charge in [0.25, 0.3) is 0 Å². The molecule has 18 heavy (non-hydrogen) atoms. The van der Waals surface area contributed by atoms with Gasteiger partial charge < -0.3 is 4.74 Å². The molecule has 0 aromatic heterocycles. The molecule has 1 unspecified atom stereocenters. The molecule has 0 saturated carbocycles. The highest BCUT2D eigenvalue weighted by Crippen LogP contribution is 2.49. The summed E-state index contributed by atoms with van der Waals surface area (Å²) < 4.78 is 5.59. The van der Waals surface area contributed by atoms with Crippen LogP contribution in [0.4, 0.5) is 0 Å².